The summed E-state index contributed by atoms with van der Waals surface area (Å²) in [6, 6.07) is 4.76. The molecule has 0 aliphatic carbocycles. The zero-order valence-corrected chi connectivity index (χ0v) is 17.1. The quantitative estimate of drug-likeness (QED) is 0.544. The molecule has 0 saturated heterocycles. The highest BCUT2D eigenvalue weighted by Gasteiger charge is 2.41. The second kappa shape index (κ2) is 7.87. The molecule has 1 aromatic rings. The molecule has 0 radical (unpaired) electrons. The maximum absolute atomic E-state index is 12.8. The Morgan fingerprint density at radius 2 is 1.93 bits per heavy atom. The maximum atomic E-state index is 12.8. The van der Waals surface area contributed by atoms with Crippen molar-refractivity contribution in [1.29, 1.82) is 0 Å². The fourth-order valence-corrected chi connectivity index (χ4v) is 2.95. The van der Waals surface area contributed by atoms with Gasteiger partial charge >= 0.3 is 12.1 Å². The number of hydrogen-bond donors (Lipinski definition) is 2. The molecule has 0 fully saturated rings. The first-order valence-corrected chi connectivity index (χ1v) is 9.33. The van der Waals surface area contributed by atoms with Crippen LogP contribution in [-0.2, 0) is 15.1 Å². The molecule has 1 heterocycles. The van der Waals surface area contributed by atoms with Crippen LogP contribution >= 0.6 is 12.2 Å². The highest BCUT2D eigenvalue weighted by Crippen LogP contribution is 2.37. The van der Waals surface area contributed by atoms with Crippen molar-refractivity contribution in [3.8, 4) is 5.75 Å². The number of alkyl halides is 3. The summed E-state index contributed by atoms with van der Waals surface area (Å²) in [5.74, 6) is -0.263. The molecule has 0 aromatic heterocycles. The number of nitrogens with one attached hydrogen (secondary N) is 1. The first-order chi connectivity index (χ1) is 12.7. The van der Waals surface area contributed by atoms with E-state index < -0.39 is 29.7 Å². The minimum Gasteiger partial charge on any atom is -0.481 e. The number of carbonyl (C=O) groups excluding carboxylic acids is 1. The second-order valence-electron chi connectivity index (χ2n) is 7.90. The van der Waals surface area contributed by atoms with Crippen molar-refractivity contribution >= 4 is 28.9 Å². The molecule has 1 aliphatic heterocycles. The number of rotatable bonds is 5. The number of esters is 1. The zero-order valence-electron chi connectivity index (χ0n) is 16.3. The molecule has 1 unspecified atom stereocenters. The Morgan fingerprint density at radius 1 is 1.29 bits per heavy atom. The molecule has 1 aliphatic rings. The first kappa shape index (κ1) is 22.4. The number of ether oxygens (including phenoxy) is 2. The van der Waals surface area contributed by atoms with Crippen LogP contribution in [0.15, 0.2) is 18.2 Å². The monoisotopic (exact) mass is 418 g/mol. The van der Waals surface area contributed by atoms with Gasteiger partial charge in [-0.3, -0.25) is 0 Å². The molecule has 2 rings (SSSR count). The standard InChI is InChI=1S/C19H25F3N2O3S/c1-11-15(28)24-13-10-12(6-7-14(13)26-11)18(23,8-5-9-19(20,21)22)16(25)27-17(2,3)4/h6-7,10-11H,5,8-9,23H2,1-4H3,(H,24,28)/t11-,18?/m1/s1. The first-order valence-electron chi connectivity index (χ1n) is 8.92. The summed E-state index contributed by atoms with van der Waals surface area (Å²) in [6.45, 7) is 6.80. The Labute approximate surface area is 167 Å². The predicted molar refractivity (Wildman–Crippen MR) is 104 cm³/mol. The molecule has 0 bridgehead atoms. The minimum absolute atomic E-state index is 0.220. The van der Waals surface area contributed by atoms with E-state index in [4.69, 9.17) is 27.4 Å². The van der Waals surface area contributed by atoms with E-state index in [-0.39, 0.29) is 18.9 Å². The van der Waals surface area contributed by atoms with Gasteiger partial charge in [0.15, 0.2) is 0 Å². The number of thiocarbonyl (C=S) groups is 1. The van der Waals surface area contributed by atoms with Gasteiger partial charge in [-0.1, -0.05) is 18.3 Å². The largest absolute Gasteiger partial charge is 0.481 e. The van der Waals surface area contributed by atoms with E-state index in [1.54, 1.807) is 45.9 Å². The van der Waals surface area contributed by atoms with Crippen molar-refractivity contribution in [3.63, 3.8) is 0 Å². The number of fused-ring (bicyclic) bond motifs is 1. The molecule has 28 heavy (non-hydrogen) atoms. The molecule has 9 heteroatoms. The average molecular weight is 418 g/mol. The third-order valence-electron chi connectivity index (χ3n) is 4.22. The number of benzene rings is 1. The summed E-state index contributed by atoms with van der Waals surface area (Å²) in [4.78, 5) is 13.3. The molecular formula is C19H25F3N2O3S. The van der Waals surface area contributed by atoms with Crippen LogP contribution in [0.25, 0.3) is 0 Å². The van der Waals surface area contributed by atoms with E-state index in [1.807, 2.05) is 0 Å². The average Bonchev–Trinajstić information content (AvgIpc) is 2.52. The van der Waals surface area contributed by atoms with Crippen molar-refractivity contribution in [2.45, 2.75) is 70.4 Å². The van der Waals surface area contributed by atoms with E-state index in [9.17, 15) is 18.0 Å². The summed E-state index contributed by atoms with van der Waals surface area (Å²) < 4.78 is 48.9. The molecule has 5 nitrogen and oxygen atoms in total. The van der Waals surface area contributed by atoms with Crippen LogP contribution in [0.4, 0.5) is 18.9 Å². The van der Waals surface area contributed by atoms with Crippen LogP contribution in [0.5, 0.6) is 5.75 Å². The van der Waals surface area contributed by atoms with Gasteiger partial charge in [0.1, 0.15) is 28.0 Å². The molecular weight excluding hydrogens is 393 g/mol. The number of nitrogens with two attached hydrogens (primary N) is 1. The lowest BCUT2D eigenvalue weighted by Gasteiger charge is -2.33. The fraction of sp³-hybridized carbons (Fsp3) is 0.579. The van der Waals surface area contributed by atoms with E-state index in [2.05, 4.69) is 5.32 Å². The number of carbonyl (C=O) groups is 1. The van der Waals surface area contributed by atoms with Gasteiger partial charge in [-0.25, -0.2) is 4.79 Å². The minimum atomic E-state index is -4.33. The summed E-state index contributed by atoms with van der Waals surface area (Å²) in [6.07, 6.45) is -6.21. The summed E-state index contributed by atoms with van der Waals surface area (Å²) in [5.41, 5.74) is 4.62. The van der Waals surface area contributed by atoms with Crippen LogP contribution in [0.3, 0.4) is 0 Å². The van der Waals surface area contributed by atoms with Gasteiger partial charge in [0.2, 0.25) is 0 Å². The Bertz CT molecular complexity index is 762. The predicted octanol–water partition coefficient (Wildman–Crippen LogP) is 4.44. The molecule has 0 saturated carbocycles. The van der Waals surface area contributed by atoms with Gasteiger partial charge in [0, 0.05) is 6.42 Å². The van der Waals surface area contributed by atoms with Crippen molar-refractivity contribution in [2.24, 2.45) is 5.73 Å². The van der Waals surface area contributed by atoms with Crippen LogP contribution in [0.2, 0.25) is 0 Å². The molecule has 3 N–H and O–H groups in total. The van der Waals surface area contributed by atoms with Gasteiger partial charge in [0.05, 0.1) is 5.69 Å². The van der Waals surface area contributed by atoms with Gasteiger partial charge in [-0.05, 0) is 58.2 Å². The van der Waals surface area contributed by atoms with Crippen LogP contribution < -0.4 is 15.8 Å². The van der Waals surface area contributed by atoms with E-state index in [1.165, 1.54) is 0 Å². The molecule has 0 spiro atoms. The highest BCUT2D eigenvalue weighted by molar-refractivity contribution is 7.80. The van der Waals surface area contributed by atoms with Crippen molar-refractivity contribution in [2.75, 3.05) is 5.32 Å². The third-order valence-corrected chi connectivity index (χ3v) is 4.65. The fourth-order valence-electron chi connectivity index (χ4n) is 2.79. The summed E-state index contributed by atoms with van der Waals surface area (Å²) in [5, 5.41) is 3.01. The third kappa shape index (κ3) is 5.57. The van der Waals surface area contributed by atoms with E-state index >= 15 is 0 Å². The molecule has 2 atom stereocenters. The Balaban J connectivity index is 2.36. The van der Waals surface area contributed by atoms with Crippen LogP contribution in [-0.4, -0.2) is 28.8 Å². The van der Waals surface area contributed by atoms with Crippen molar-refractivity contribution in [3.05, 3.63) is 23.8 Å². The Hall–Kier alpha value is -1.87. The number of hydrogen-bond acceptors (Lipinski definition) is 5. The van der Waals surface area contributed by atoms with E-state index in [0.717, 1.165) is 0 Å². The second-order valence-corrected chi connectivity index (χ2v) is 8.34. The van der Waals surface area contributed by atoms with Crippen molar-refractivity contribution in [1.82, 2.24) is 0 Å². The molecule has 1 aromatic carbocycles. The van der Waals surface area contributed by atoms with Crippen molar-refractivity contribution < 1.29 is 27.4 Å². The number of halogens is 3. The Kier molecular flexibility index (Phi) is 6.30. The number of anilines is 1. The topological polar surface area (TPSA) is 73.6 Å². The SMILES string of the molecule is C[C@H]1Oc2ccc(C(N)(CCCC(F)(F)F)C(=O)OC(C)(C)C)cc2NC1=S. The summed E-state index contributed by atoms with van der Waals surface area (Å²) in [7, 11) is 0. The smallest absolute Gasteiger partial charge is 0.389 e. The lowest BCUT2D eigenvalue weighted by atomic mass is 9.85. The normalized spacial score (nSPS) is 19.1. The molecule has 156 valence electrons. The van der Waals surface area contributed by atoms with Gasteiger partial charge in [0.25, 0.3) is 0 Å². The Morgan fingerprint density at radius 3 is 2.50 bits per heavy atom. The van der Waals surface area contributed by atoms with Crippen LogP contribution in [0.1, 0.15) is 52.5 Å². The highest BCUT2D eigenvalue weighted by atomic mass is 32.1. The zero-order chi connectivity index (χ0) is 21.3. The molecule has 0 amide bonds. The maximum Gasteiger partial charge on any atom is 0.389 e. The van der Waals surface area contributed by atoms with Gasteiger partial charge < -0.3 is 20.5 Å². The van der Waals surface area contributed by atoms with Gasteiger partial charge in [-0.15, -0.1) is 0 Å². The van der Waals surface area contributed by atoms with Gasteiger partial charge in [-0.2, -0.15) is 13.2 Å². The van der Waals surface area contributed by atoms with Crippen LogP contribution in [0, 0.1) is 0 Å². The lowest BCUT2D eigenvalue weighted by molar-refractivity contribution is -0.164. The van der Waals surface area contributed by atoms with E-state index in [0.29, 0.717) is 22.0 Å². The summed E-state index contributed by atoms with van der Waals surface area (Å²) >= 11 is 5.19. The lowest BCUT2D eigenvalue weighted by Crippen LogP contribution is -2.48.